The van der Waals surface area contributed by atoms with Gasteiger partial charge >= 0.3 is 0 Å². The van der Waals surface area contributed by atoms with E-state index in [-0.39, 0.29) is 0 Å². The van der Waals surface area contributed by atoms with E-state index in [0.717, 1.165) is 22.7 Å². The van der Waals surface area contributed by atoms with E-state index >= 15 is 0 Å². The number of ether oxygens (including phenoxy) is 2. The van der Waals surface area contributed by atoms with Crippen molar-refractivity contribution in [3.63, 3.8) is 0 Å². The second kappa shape index (κ2) is 8.83. The molecule has 0 amide bonds. The van der Waals surface area contributed by atoms with Crippen LogP contribution in [-0.4, -0.2) is 37.5 Å². The molecule has 0 unspecified atom stereocenters. The lowest BCUT2D eigenvalue weighted by molar-refractivity contribution is 0.339. The van der Waals surface area contributed by atoms with Crippen molar-refractivity contribution in [3.05, 3.63) is 77.5 Å². The lowest BCUT2D eigenvalue weighted by atomic mass is 10.2. The number of para-hydroxylation sites is 1. The van der Waals surface area contributed by atoms with Gasteiger partial charge in [0.25, 0.3) is 0 Å². The van der Waals surface area contributed by atoms with Gasteiger partial charge in [-0.25, -0.2) is 4.68 Å². The van der Waals surface area contributed by atoms with Crippen molar-refractivity contribution in [2.45, 2.75) is 27.7 Å². The summed E-state index contributed by atoms with van der Waals surface area (Å²) in [6.45, 7) is 8.21. The highest BCUT2D eigenvalue weighted by Gasteiger charge is 2.18. The van der Waals surface area contributed by atoms with Gasteiger partial charge in [-0.05, 0) is 64.1 Å². The summed E-state index contributed by atoms with van der Waals surface area (Å²) in [7, 11) is 0. The van der Waals surface area contributed by atoms with Gasteiger partial charge in [0, 0.05) is 0 Å². The summed E-state index contributed by atoms with van der Waals surface area (Å²) in [6.07, 6.45) is 1.73. The Bertz CT molecular complexity index is 1170. The fourth-order valence-electron chi connectivity index (χ4n) is 3.14. The first-order chi connectivity index (χ1) is 15.1. The molecule has 31 heavy (non-hydrogen) atoms. The Labute approximate surface area is 180 Å². The molecule has 0 saturated heterocycles. The van der Waals surface area contributed by atoms with Gasteiger partial charge in [0.1, 0.15) is 11.5 Å². The monoisotopic (exact) mass is 416 g/mol. The fraction of sp³-hybridized carbons (Fsp3) is 0.217. The molecule has 0 fully saturated rings. The van der Waals surface area contributed by atoms with Crippen molar-refractivity contribution >= 4 is 6.21 Å². The van der Waals surface area contributed by atoms with Crippen LogP contribution in [0.3, 0.4) is 0 Å². The maximum Gasteiger partial charge on any atom is 0.231 e. The summed E-state index contributed by atoms with van der Waals surface area (Å²) in [6, 6.07) is 17.4. The van der Waals surface area contributed by atoms with E-state index in [1.807, 2.05) is 82.3 Å². The molecular weight excluding hydrogens is 392 g/mol. The highest BCUT2D eigenvalue weighted by atomic mass is 16.5. The van der Waals surface area contributed by atoms with Crippen molar-refractivity contribution in [3.8, 4) is 23.1 Å². The number of rotatable bonds is 7. The van der Waals surface area contributed by atoms with E-state index in [4.69, 9.17) is 14.6 Å². The summed E-state index contributed by atoms with van der Waals surface area (Å²) in [5.41, 5.74) is 2.45. The Morgan fingerprint density at radius 1 is 0.903 bits per heavy atom. The first kappa shape index (κ1) is 20.3. The Morgan fingerprint density at radius 3 is 2.19 bits per heavy atom. The van der Waals surface area contributed by atoms with Gasteiger partial charge in [-0.15, -0.1) is 10.2 Å². The van der Waals surface area contributed by atoms with Gasteiger partial charge in [0.05, 0.1) is 29.8 Å². The van der Waals surface area contributed by atoms with E-state index in [0.29, 0.717) is 29.9 Å². The highest BCUT2D eigenvalue weighted by molar-refractivity contribution is 5.84. The van der Waals surface area contributed by atoms with Crippen LogP contribution in [0.2, 0.25) is 0 Å². The van der Waals surface area contributed by atoms with Crippen molar-refractivity contribution in [2.75, 3.05) is 6.61 Å². The molecule has 0 aliphatic heterocycles. The molecule has 0 bridgehead atoms. The zero-order chi connectivity index (χ0) is 21.8. The molecular formula is C23H24N6O2. The predicted molar refractivity (Wildman–Crippen MR) is 118 cm³/mol. The maximum absolute atomic E-state index is 6.29. The van der Waals surface area contributed by atoms with Crippen molar-refractivity contribution in [1.82, 2.24) is 24.7 Å². The van der Waals surface area contributed by atoms with Crippen LogP contribution in [0.15, 0.2) is 59.7 Å². The number of aryl methyl sites for hydroxylation is 3. The molecule has 0 aliphatic carbocycles. The summed E-state index contributed by atoms with van der Waals surface area (Å²) >= 11 is 0. The summed E-state index contributed by atoms with van der Waals surface area (Å²) in [4.78, 5) is 0. The van der Waals surface area contributed by atoms with Crippen molar-refractivity contribution < 1.29 is 9.47 Å². The van der Waals surface area contributed by atoms with Gasteiger partial charge in [0.15, 0.2) is 11.6 Å². The molecule has 0 N–H and O–H groups in total. The van der Waals surface area contributed by atoms with E-state index < -0.39 is 0 Å². The van der Waals surface area contributed by atoms with Crippen LogP contribution < -0.4 is 9.47 Å². The van der Waals surface area contributed by atoms with E-state index in [9.17, 15) is 0 Å². The number of hydrogen-bond donors (Lipinski definition) is 0. The van der Waals surface area contributed by atoms with Crippen LogP contribution in [0.4, 0.5) is 0 Å². The highest BCUT2D eigenvalue weighted by Crippen LogP contribution is 2.30. The largest absolute Gasteiger partial charge is 0.494 e. The maximum atomic E-state index is 6.29. The average Bonchev–Trinajstić information content (AvgIpc) is 3.27. The zero-order valence-corrected chi connectivity index (χ0v) is 18.0. The quantitative estimate of drug-likeness (QED) is 0.416. The molecule has 8 heteroatoms. The summed E-state index contributed by atoms with van der Waals surface area (Å²) < 4.78 is 15.3. The van der Waals surface area contributed by atoms with Gasteiger partial charge in [0.2, 0.25) is 5.88 Å². The first-order valence-electron chi connectivity index (χ1n) is 10.1. The van der Waals surface area contributed by atoms with Gasteiger partial charge in [-0.1, -0.05) is 18.2 Å². The standard InChI is InChI=1S/C23H24N6O2/c1-5-30-20-11-13-21(14-12-20)31-23-22(15-24-28-17(3)25-26-18(28)4)16(2)27-29(23)19-9-7-6-8-10-19/h6-15H,5H2,1-4H3. The second-order valence-electron chi connectivity index (χ2n) is 6.91. The van der Waals surface area contributed by atoms with E-state index in [1.165, 1.54) is 0 Å². The SMILES string of the molecule is CCOc1ccc(Oc2c(C=Nn3c(C)nnc3C)c(C)nn2-c2ccccc2)cc1. The minimum Gasteiger partial charge on any atom is -0.494 e. The third-order valence-corrected chi connectivity index (χ3v) is 4.67. The molecule has 0 spiro atoms. The third-order valence-electron chi connectivity index (χ3n) is 4.67. The molecule has 4 rings (SSSR count). The third kappa shape index (κ3) is 4.32. The Hall–Kier alpha value is -3.94. The number of hydrogen-bond acceptors (Lipinski definition) is 6. The van der Waals surface area contributed by atoms with Crippen LogP contribution in [0.25, 0.3) is 5.69 Å². The minimum absolute atomic E-state index is 0.569. The Balaban J connectivity index is 1.76. The van der Waals surface area contributed by atoms with Crippen molar-refractivity contribution in [1.29, 1.82) is 0 Å². The molecule has 0 radical (unpaired) electrons. The molecule has 0 atom stereocenters. The summed E-state index contributed by atoms with van der Waals surface area (Å²) in [5.74, 6) is 3.45. The van der Waals surface area contributed by atoms with Gasteiger partial charge in [-0.3, -0.25) is 0 Å². The molecule has 4 aromatic rings. The topological polar surface area (TPSA) is 79.3 Å². The van der Waals surface area contributed by atoms with Gasteiger partial charge < -0.3 is 9.47 Å². The molecule has 2 aromatic heterocycles. The number of benzene rings is 2. The first-order valence-corrected chi connectivity index (χ1v) is 10.1. The van der Waals surface area contributed by atoms with E-state index in [2.05, 4.69) is 15.3 Å². The molecule has 158 valence electrons. The van der Waals surface area contributed by atoms with Gasteiger partial charge in [-0.2, -0.15) is 14.9 Å². The average molecular weight is 416 g/mol. The van der Waals surface area contributed by atoms with Crippen LogP contribution in [0.5, 0.6) is 17.4 Å². The molecule has 0 saturated carbocycles. The number of nitrogens with zero attached hydrogens (tertiary/aromatic N) is 6. The van der Waals surface area contributed by atoms with Crippen LogP contribution in [-0.2, 0) is 0 Å². The molecule has 2 aromatic carbocycles. The molecule has 8 nitrogen and oxygen atoms in total. The normalized spacial score (nSPS) is 11.2. The Kier molecular flexibility index (Phi) is 5.79. The summed E-state index contributed by atoms with van der Waals surface area (Å²) in [5, 5.41) is 17.4. The fourth-order valence-corrected chi connectivity index (χ4v) is 3.14. The second-order valence-corrected chi connectivity index (χ2v) is 6.91. The lowest BCUT2D eigenvalue weighted by Gasteiger charge is -2.11. The smallest absolute Gasteiger partial charge is 0.231 e. The molecule has 2 heterocycles. The van der Waals surface area contributed by atoms with E-state index in [1.54, 1.807) is 15.6 Å². The van der Waals surface area contributed by atoms with Crippen LogP contribution in [0.1, 0.15) is 29.8 Å². The predicted octanol–water partition coefficient (Wildman–Crippen LogP) is 4.46. The lowest BCUT2D eigenvalue weighted by Crippen LogP contribution is -2.01. The zero-order valence-electron chi connectivity index (χ0n) is 18.0. The Morgan fingerprint density at radius 2 is 1.55 bits per heavy atom. The van der Waals surface area contributed by atoms with Crippen molar-refractivity contribution in [2.24, 2.45) is 5.10 Å². The van der Waals surface area contributed by atoms with Crippen LogP contribution >= 0.6 is 0 Å². The minimum atomic E-state index is 0.569. The number of aromatic nitrogens is 5. The van der Waals surface area contributed by atoms with Crippen LogP contribution in [0, 0.1) is 20.8 Å². The molecule has 0 aliphatic rings.